The molecule has 4 nitrogen and oxygen atoms in total. The molecule has 0 saturated heterocycles. The number of carbonyl (C=O) groups excluding carboxylic acids is 2. The third kappa shape index (κ3) is 4.88. The molecule has 1 atom stereocenters. The first-order valence-corrected chi connectivity index (χ1v) is 7.26. The smallest absolute Gasteiger partial charge is 0.339 e. The molecule has 1 aromatic rings. The molecule has 1 N–H and O–H groups in total. The van der Waals surface area contributed by atoms with Crippen molar-refractivity contribution in [3.05, 3.63) is 34.4 Å². The van der Waals surface area contributed by atoms with Crippen molar-refractivity contribution < 1.29 is 14.3 Å². The number of esters is 1. The van der Waals surface area contributed by atoms with E-state index in [4.69, 9.17) is 4.74 Å². The van der Waals surface area contributed by atoms with Crippen LogP contribution in [0.25, 0.3) is 0 Å². The summed E-state index contributed by atoms with van der Waals surface area (Å²) in [6.07, 6.45) is 0. The van der Waals surface area contributed by atoms with Gasteiger partial charge in [-0.05, 0) is 44.7 Å². The molecule has 0 heterocycles. The molecule has 0 radical (unpaired) electrons. The maximum atomic E-state index is 12.1. The molecule has 4 heteroatoms. The van der Waals surface area contributed by atoms with E-state index in [0.717, 1.165) is 16.7 Å². The lowest BCUT2D eigenvalue weighted by atomic mass is 10.00. The molecule has 0 aromatic heterocycles. The minimum Gasteiger partial charge on any atom is -0.452 e. The quantitative estimate of drug-likeness (QED) is 0.849. The summed E-state index contributed by atoms with van der Waals surface area (Å²) in [5.41, 5.74) is 3.39. The fraction of sp³-hybridized carbons (Fsp3) is 0.529. The summed E-state index contributed by atoms with van der Waals surface area (Å²) in [5.74, 6) is -0.379. The maximum Gasteiger partial charge on any atom is 0.339 e. The Bertz CT molecular complexity index is 512. The fourth-order valence-electron chi connectivity index (χ4n) is 2.17. The van der Waals surface area contributed by atoms with Crippen molar-refractivity contribution in [2.24, 2.45) is 5.92 Å². The number of carbonyl (C=O) groups is 2. The number of amides is 1. The second kappa shape index (κ2) is 7.25. The average molecular weight is 291 g/mol. The Morgan fingerprint density at radius 1 is 1.10 bits per heavy atom. The molecule has 0 saturated carbocycles. The predicted octanol–water partition coefficient (Wildman–Crippen LogP) is 2.93. The van der Waals surface area contributed by atoms with Gasteiger partial charge in [-0.15, -0.1) is 0 Å². The van der Waals surface area contributed by atoms with Crippen molar-refractivity contribution in [3.8, 4) is 0 Å². The van der Waals surface area contributed by atoms with Crippen molar-refractivity contribution in [1.82, 2.24) is 5.32 Å². The highest BCUT2D eigenvalue weighted by Crippen LogP contribution is 2.17. The molecular weight excluding hydrogens is 266 g/mol. The Kier molecular flexibility index (Phi) is 5.94. The molecule has 1 amide bonds. The van der Waals surface area contributed by atoms with E-state index in [1.54, 1.807) is 0 Å². The van der Waals surface area contributed by atoms with Crippen LogP contribution in [-0.2, 0) is 9.53 Å². The summed E-state index contributed by atoms with van der Waals surface area (Å²) in [6, 6.07) is 3.92. The second-order valence-electron chi connectivity index (χ2n) is 5.95. The SMILES string of the molecule is Cc1cc(C)c(C(=O)OCC(=O)N[C@@H](C)C(C)C)c(C)c1. The summed E-state index contributed by atoms with van der Waals surface area (Å²) in [7, 11) is 0. The van der Waals surface area contributed by atoms with Gasteiger partial charge in [0.05, 0.1) is 5.56 Å². The van der Waals surface area contributed by atoms with E-state index in [-0.39, 0.29) is 18.6 Å². The van der Waals surface area contributed by atoms with Crippen molar-refractivity contribution in [2.45, 2.75) is 47.6 Å². The van der Waals surface area contributed by atoms with Gasteiger partial charge in [0.15, 0.2) is 6.61 Å². The number of benzene rings is 1. The monoisotopic (exact) mass is 291 g/mol. The number of ether oxygens (including phenoxy) is 1. The van der Waals surface area contributed by atoms with Crippen molar-refractivity contribution in [3.63, 3.8) is 0 Å². The zero-order chi connectivity index (χ0) is 16.2. The number of aryl methyl sites for hydroxylation is 3. The van der Waals surface area contributed by atoms with Crippen LogP contribution in [0.15, 0.2) is 12.1 Å². The first kappa shape index (κ1) is 17.2. The van der Waals surface area contributed by atoms with E-state index >= 15 is 0 Å². The molecule has 1 aromatic carbocycles. The Morgan fingerprint density at radius 2 is 1.62 bits per heavy atom. The van der Waals surface area contributed by atoms with Gasteiger partial charge in [0.2, 0.25) is 0 Å². The summed E-state index contributed by atoms with van der Waals surface area (Å²) in [6.45, 7) is 11.5. The molecule has 0 spiro atoms. The average Bonchev–Trinajstić information content (AvgIpc) is 2.34. The Morgan fingerprint density at radius 3 is 2.10 bits per heavy atom. The van der Waals surface area contributed by atoms with Crippen LogP contribution in [0.4, 0.5) is 0 Å². The normalized spacial score (nSPS) is 12.1. The van der Waals surface area contributed by atoms with Gasteiger partial charge in [0.25, 0.3) is 5.91 Å². The largest absolute Gasteiger partial charge is 0.452 e. The first-order chi connectivity index (χ1) is 9.72. The zero-order valence-electron chi connectivity index (χ0n) is 13.7. The minimum atomic E-state index is -0.447. The van der Waals surface area contributed by atoms with Gasteiger partial charge < -0.3 is 10.1 Å². The lowest BCUT2D eigenvalue weighted by molar-refractivity contribution is -0.125. The van der Waals surface area contributed by atoms with Gasteiger partial charge in [0, 0.05) is 6.04 Å². The highest BCUT2D eigenvalue weighted by Gasteiger charge is 2.17. The predicted molar refractivity (Wildman–Crippen MR) is 83.4 cm³/mol. The molecule has 116 valence electrons. The Balaban J connectivity index is 2.65. The number of hydrogen-bond donors (Lipinski definition) is 1. The summed E-state index contributed by atoms with van der Waals surface area (Å²) in [5, 5.41) is 2.81. The van der Waals surface area contributed by atoms with E-state index in [0.29, 0.717) is 11.5 Å². The van der Waals surface area contributed by atoms with Crippen LogP contribution in [0.1, 0.15) is 47.8 Å². The highest BCUT2D eigenvalue weighted by molar-refractivity contribution is 5.94. The molecule has 21 heavy (non-hydrogen) atoms. The van der Waals surface area contributed by atoms with Gasteiger partial charge >= 0.3 is 5.97 Å². The standard InChI is InChI=1S/C17H25NO3/c1-10(2)14(6)18-15(19)9-21-17(20)16-12(4)7-11(3)8-13(16)5/h7-8,10,14H,9H2,1-6H3,(H,18,19)/t14-/m0/s1. The van der Waals surface area contributed by atoms with E-state index < -0.39 is 5.97 Å². The Labute approximate surface area is 126 Å². The number of hydrogen-bond acceptors (Lipinski definition) is 3. The van der Waals surface area contributed by atoms with Gasteiger partial charge in [-0.3, -0.25) is 4.79 Å². The number of nitrogens with one attached hydrogen (secondary N) is 1. The molecule has 0 aliphatic rings. The molecule has 0 unspecified atom stereocenters. The fourth-order valence-corrected chi connectivity index (χ4v) is 2.17. The molecule has 1 rings (SSSR count). The van der Waals surface area contributed by atoms with Gasteiger partial charge in [-0.1, -0.05) is 31.5 Å². The number of rotatable bonds is 5. The van der Waals surface area contributed by atoms with E-state index in [1.165, 1.54) is 0 Å². The van der Waals surface area contributed by atoms with Crippen LogP contribution < -0.4 is 5.32 Å². The zero-order valence-corrected chi connectivity index (χ0v) is 13.7. The highest BCUT2D eigenvalue weighted by atomic mass is 16.5. The van der Waals surface area contributed by atoms with E-state index in [9.17, 15) is 9.59 Å². The van der Waals surface area contributed by atoms with Gasteiger partial charge in [0.1, 0.15) is 0 Å². The van der Waals surface area contributed by atoms with Crippen LogP contribution >= 0.6 is 0 Å². The molecular formula is C17H25NO3. The van der Waals surface area contributed by atoms with E-state index in [2.05, 4.69) is 5.32 Å². The topological polar surface area (TPSA) is 55.4 Å². The van der Waals surface area contributed by atoms with Gasteiger partial charge in [-0.2, -0.15) is 0 Å². The molecule has 0 fully saturated rings. The van der Waals surface area contributed by atoms with Crippen molar-refractivity contribution >= 4 is 11.9 Å². The third-order valence-electron chi connectivity index (χ3n) is 3.60. The molecule has 0 aliphatic carbocycles. The van der Waals surface area contributed by atoms with Crippen molar-refractivity contribution in [1.29, 1.82) is 0 Å². The lowest BCUT2D eigenvalue weighted by Gasteiger charge is -2.17. The summed E-state index contributed by atoms with van der Waals surface area (Å²) in [4.78, 5) is 23.8. The first-order valence-electron chi connectivity index (χ1n) is 7.26. The van der Waals surface area contributed by atoms with E-state index in [1.807, 2.05) is 53.7 Å². The van der Waals surface area contributed by atoms with Crippen LogP contribution in [0.5, 0.6) is 0 Å². The lowest BCUT2D eigenvalue weighted by Crippen LogP contribution is -2.38. The second-order valence-corrected chi connectivity index (χ2v) is 5.95. The summed E-state index contributed by atoms with van der Waals surface area (Å²) >= 11 is 0. The van der Waals surface area contributed by atoms with Crippen LogP contribution in [0.2, 0.25) is 0 Å². The van der Waals surface area contributed by atoms with Crippen LogP contribution in [0, 0.1) is 26.7 Å². The molecule has 0 bridgehead atoms. The van der Waals surface area contributed by atoms with Crippen LogP contribution in [0.3, 0.4) is 0 Å². The van der Waals surface area contributed by atoms with Gasteiger partial charge in [-0.25, -0.2) is 4.79 Å². The summed E-state index contributed by atoms with van der Waals surface area (Å²) < 4.78 is 5.12. The third-order valence-corrected chi connectivity index (χ3v) is 3.60. The van der Waals surface area contributed by atoms with Crippen molar-refractivity contribution in [2.75, 3.05) is 6.61 Å². The Hall–Kier alpha value is -1.84. The minimum absolute atomic E-state index is 0.0547. The molecule has 0 aliphatic heterocycles. The maximum absolute atomic E-state index is 12.1. The van der Waals surface area contributed by atoms with Crippen LogP contribution in [-0.4, -0.2) is 24.5 Å².